The van der Waals surface area contributed by atoms with Gasteiger partial charge in [-0.05, 0) is 59.2 Å². The fraction of sp³-hybridized carbons (Fsp3) is 0.842. The van der Waals surface area contributed by atoms with Crippen molar-refractivity contribution in [2.24, 2.45) is 0 Å². The number of esters is 1. The third-order valence-corrected chi connectivity index (χ3v) is 13.0. The minimum absolute atomic E-state index is 0.00630. The van der Waals surface area contributed by atoms with Crippen LogP contribution in [0, 0.1) is 0 Å². The van der Waals surface area contributed by atoms with Crippen LogP contribution in [0.5, 0.6) is 0 Å². The highest BCUT2D eigenvalue weighted by atomic mass is 28.5. The summed E-state index contributed by atoms with van der Waals surface area (Å²) in [4.78, 5) is 11.9. The number of carbonyl (C=O) groups is 1. The highest BCUT2D eigenvalue weighted by Crippen LogP contribution is 2.26. The van der Waals surface area contributed by atoms with Crippen LogP contribution in [0.15, 0.2) is 12.2 Å². The second-order valence-electron chi connectivity index (χ2n) is 9.33. The predicted octanol–water partition coefficient (Wildman–Crippen LogP) is 3.66. The van der Waals surface area contributed by atoms with Crippen molar-refractivity contribution in [3.05, 3.63) is 12.2 Å². The summed E-state index contributed by atoms with van der Waals surface area (Å²) in [5.41, 5.74) is 0.359. The highest BCUT2D eigenvalue weighted by Gasteiger charge is 2.42. The maximum atomic E-state index is 11.9. The standard InChI is InChI=1S/C19H42O7Si3/c1-17(2)19(21)24-15-18(23-13-10-12-22-14-11-20)16-29(9,25-27(3,4)5)26-28(6,7)8/h18,20H,1,10-16H2,2-9H3. The SMILES string of the molecule is C=C(C)C(=O)OCC(C[Si](C)(O[Si](C)(C)C)O[Si](C)(C)C)OCCCOCCO. The topological polar surface area (TPSA) is 83.5 Å². The minimum Gasteiger partial charge on any atom is -0.460 e. The molecule has 0 aliphatic heterocycles. The molecule has 29 heavy (non-hydrogen) atoms. The van der Waals surface area contributed by atoms with Crippen LogP contribution in [0.25, 0.3) is 0 Å². The lowest BCUT2D eigenvalue weighted by Gasteiger charge is -2.40. The summed E-state index contributed by atoms with van der Waals surface area (Å²) >= 11 is 0. The molecule has 10 heteroatoms. The molecule has 172 valence electrons. The van der Waals surface area contributed by atoms with Crippen LogP contribution >= 0.6 is 0 Å². The van der Waals surface area contributed by atoms with Gasteiger partial charge in [0.2, 0.25) is 0 Å². The van der Waals surface area contributed by atoms with Crippen LogP contribution in [-0.2, 0) is 27.2 Å². The molecule has 1 N–H and O–H groups in total. The second kappa shape index (κ2) is 13.2. The first kappa shape index (κ1) is 28.7. The maximum Gasteiger partial charge on any atom is 0.333 e. The fourth-order valence-electron chi connectivity index (χ4n) is 2.85. The molecule has 0 aliphatic rings. The molecular weight excluding hydrogens is 424 g/mol. The van der Waals surface area contributed by atoms with Crippen LogP contribution in [0.3, 0.4) is 0 Å². The summed E-state index contributed by atoms with van der Waals surface area (Å²) in [5.74, 6) is -0.425. The molecule has 0 saturated carbocycles. The lowest BCUT2D eigenvalue weighted by Crippen LogP contribution is -2.54. The minimum atomic E-state index is -2.54. The molecule has 0 amide bonds. The number of aliphatic hydroxyl groups excluding tert-OH is 1. The lowest BCUT2D eigenvalue weighted by atomic mass is 10.3. The van der Waals surface area contributed by atoms with Crippen molar-refractivity contribution in [1.82, 2.24) is 0 Å². The van der Waals surface area contributed by atoms with Gasteiger partial charge in [0.15, 0.2) is 16.6 Å². The first-order chi connectivity index (χ1) is 13.2. The zero-order valence-corrected chi connectivity index (χ0v) is 22.6. The Bertz CT molecular complexity index is 485. The largest absolute Gasteiger partial charge is 0.460 e. The maximum absolute atomic E-state index is 11.9. The van der Waals surface area contributed by atoms with Crippen LogP contribution < -0.4 is 0 Å². The zero-order valence-electron chi connectivity index (χ0n) is 19.6. The average Bonchev–Trinajstić information content (AvgIpc) is 2.51. The van der Waals surface area contributed by atoms with Gasteiger partial charge >= 0.3 is 14.5 Å². The van der Waals surface area contributed by atoms with Gasteiger partial charge < -0.3 is 27.5 Å². The smallest absolute Gasteiger partial charge is 0.333 e. The molecule has 1 atom stereocenters. The number of hydrogen-bond donors (Lipinski definition) is 1. The van der Waals surface area contributed by atoms with Gasteiger partial charge in [0.1, 0.15) is 6.61 Å². The number of hydrogen-bond acceptors (Lipinski definition) is 7. The Morgan fingerprint density at radius 1 is 0.966 bits per heavy atom. The molecule has 7 nitrogen and oxygen atoms in total. The van der Waals surface area contributed by atoms with Gasteiger partial charge in [0, 0.05) is 24.8 Å². The summed E-state index contributed by atoms with van der Waals surface area (Å²) in [5, 5.41) is 8.76. The molecule has 0 bridgehead atoms. The number of aliphatic hydroxyl groups is 1. The van der Waals surface area contributed by atoms with E-state index in [0.29, 0.717) is 37.9 Å². The van der Waals surface area contributed by atoms with E-state index < -0.39 is 31.2 Å². The summed E-state index contributed by atoms with van der Waals surface area (Å²) in [6.45, 7) is 21.7. The number of rotatable bonds is 16. The molecule has 0 rings (SSSR count). The molecule has 0 fully saturated rings. The van der Waals surface area contributed by atoms with Crippen molar-refractivity contribution < 1.29 is 32.3 Å². The van der Waals surface area contributed by atoms with E-state index >= 15 is 0 Å². The molecule has 1 unspecified atom stereocenters. The summed E-state index contributed by atoms with van der Waals surface area (Å²) < 4.78 is 29.8. The summed E-state index contributed by atoms with van der Waals surface area (Å²) in [6, 6.07) is 0.586. The van der Waals surface area contributed by atoms with Crippen molar-refractivity contribution >= 4 is 31.2 Å². The Morgan fingerprint density at radius 3 is 1.97 bits per heavy atom. The monoisotopic (exact) mass is 466 g/mol. The summed E-state index contributed by atoms with van der Waals surface area (Å²) in [6.07, 6.45) is 0.368. The average molecular weight is 467 g/mol. The van der Waals surface area contributed by atoms with Gasteiger partial charge in [-0.1, -0.05) is 6.58 Å². The van der Waals surface area contributed by atoms with Gasteiger partial charge in [0.25, 0.3) is 0 Å². The van der Waals surface area contributed by atoms with Crippen molar-refractivity contribution in [3.8, 4) is 0 Å². The van der Waals surface area contributed by atoms with Crippen molar-refractivity contribution in [2.75, 3.05) is 33.0 Å². The van der Waals surface area contributed by atoms with Crippen LogP contribution in [0.4, 0.5) is 0 Å². The molecule has 0 aromatic rings. The highest BCUT2D eigenvalue weighted by molar-refractivity contribution is 6.87. The fourth-order valence-corrected chi connectivity index (χ4v) is 15.5. The van der Waals surface area contributed by atoms with Crippen LogP contribution in [-0.4, -0.2) is 75.4 Å². The van der Waals surface area contributed by atoms with Gasteiger partial charge in [-0.3, -0.25) is 0 Å². The molecule has 0 radical (unpaired) electrons. The molecule has 0 aliphatic carbocycles. The first-order valence-electron chi connectivity index (χ1n) is 10.2. The van der Waals surface area contributed by atoms with E-state index in [4.69, 9.17) is 27.5 Å². The van der Waals surface area contributed by atoms with Gasteiger partial charge in [-0.25, -0.2) is 4.79 Å². The van der Waals surface area contributed by atoms with E-state index in [9.17, 15) is 4.79 Å². The quantitative estimate of drug-likeness (QED) is 0.161. The molecular formula is C19H42O7Si3. The Hall–Kier alpha value is -0.339. The van der Waals surface area contributed by atoms with E-state index in [1.165, 1.54) is 0 Å². The van der Waals surface area contributed by atoms with Gasteiger partial charge in [-0.2, -0.15) is 0 Å². The predicted molar refractivity (Wildman–Crippen MR) is 123 cm³/mol. The van der Waals surface area contributed by atoms with Crippen molar-refractivity contribution in [1.29, 1.82) is 0 Å². The van der Waals surface area contributed by atoms with E-state index in [1.54, 1.807) is 6.92 Å². The second-order valence-corrected chi connectivity index (χ2v) is 22.1. The zero-order chi connectivity index (χ0) is 22.7. The van der Waals surface area contributed by atoms with Gasteiger partial charge in [-0.15, -0.1) is 0 Å². The van der Waals surface area contributed by atoms with E-state index in [-0.39, 0.29) is 19.3 Å². The number of ether oxygens (including phenoxy) is 3. The lowest BCUT2D eigenvalue weighted by molar-refractivity contribution is -0.143. The van der Waals surface area contributed by atoms with Crippen molar-refractivity contribution in [2.45, 2.75) is 71.3 Å². The van der Waals surface area contributed by atoms with Crippen LogP contribution in [0.1, 0.15) is 13.3 Å². The normalized spacial score (nSPS) is 14.0. The Morgan fingerprint density at radius 2 is 1.52 bits per heavy atom. The van der Waals surface area contributed by atoms with E-state index in [2.05, 4.69) is 52.4 Å². The van der Waals surface area contributed by atoms with Crippen LogP contribution in [0.2, 0.25) is 51.9 Å². The third kappa shape index (κ3) is 16.1. The Balaban J connectivity index is 5.14. The third-order valence-electron chi connectivity index (χ3n) is 3.41. The Kier molecular flexibility index (Phi) is 13.0. The number of carbonyl (C=O) groups excluding carboxylic acids is 1. The summed E-state index contributed by atoms with van der Waals surface area (Å²) in [7, 11) is -6.22. The molecule has 0 aromatic heterocycles. The van der Waals surface area contributed by atoms with Gasteiger partial charge in [0.05, 0.1) is 19.3 Å². The first-order valence-corrected chi connectivity index (χ1v) is 19.5. The van der Waals surface area contributed by atoms with E-state index in [1.807, 2.05) is 0 Å². The molecule has 0 saturated heterocycles. The molecule has 0 aromatic carbocycles. The van der Waals surface area contributed by atoms with Crippen molar-refractivity contribution in [3.63, 3.8) is 0 Å². The molecule has 0 spiro atoms. The molecule has 0 heterocycles. The van der Waals surface area contributed by atoms with E-state index in [0.717, 1.165) is 0 Å². The Labute approximate surface area is 180 Å².